The molecule has 2 aromatic carbocycles. The molecule has 0 saturated heterocycles. The van der Waals surface area contributed by atoms with Crippen LogP contribution in [0.4, 0.5) is 0 Å². The largest absolute Gasteiger partial charge is 0.508 e. The molecule has 2 aromatic rings. The summed E-state index contributed by atoms with van der Waals surface area (Å²) in [4.78, 5) is 12.4. The summed E-state index contributed by atoms with van der Waals surface area (Å²) in [6, 6.07) is 13.0. The van der Waals surface area contributed by atoms with E-state index in [0.717, 1.165) is 0 Å². The summed E-state index contributed by atoms with van der Waals surface area (Å²) >= 11 is 0. The maximum absolute atomic E-state index is 12.4. The van der Waals surface area contributed by atoms with Gasteiger partial charge in [0, 0.05) is 17.5 Å². The van der Waals surface area contributed by atoms with Crippen LogP contribution >= 0.6 is 0 Å². The monoisotopic (exact) mass is 428 g/mol. The number of carbonyl (C=O) groups excluding carboxylic acids is 1. The Morgan fingerprint density at radius 2 is 1.93 bits per heavy atom. The van der Waals surface area contributed by atoms with E-state index in [0.29, 0.717) is 11.1 Å². The van der Waals surface area contributed by atoms with E-state index in [4.69, 9.17) is 0 Å². The van der Waals surface area contributed by atoms with Gasteiger partial charge in [0.05, 0.1) is 12.8 Å². The van der Waals surface area contributed by atoms with Crippen LogP contribution in [0, 0.1) is 0 Å². The molecule has 30 heavy (non-hydrogen) atoms. The van der Waals surface area contributed by atoms with Crippen LogP contribution in [0.5, 0.6) is 5.75 Å². The second kappa shape index (κ2) is 8.27. The number of nitrogens with zero attached hydrogens (tertiary/aromatic N) is 3. The van der Waals surface area contributed by atoms with E-state index in [1.165, 1.54) is 29.4 Å². The van der Waals surface area contributed by atoms with Crippen molar-refractivity contribution >= 4 is 28.0 Å². The molecule has 1 aliphatic rings. The molecule has 8 nitrogen and oxygen atoms in total. The van der Waals surface area contributed by atoms with E-state index in [-0.39, 0.29) is 40.9 Å². The van der Waals surface area contributed by atoms with Crippen molar-refractivity contribution in [3.8, 4) is 5.75 Å². The molecule has 0 unspecified atom stereocenters. The lowest BCUT2D eigenvalue weighted by Gasteiger charge is -2.22. The van der Waals surface area contributed by atoms with Crippen molar-refractivity contribution in [1.82, 2.24) is 10.3 Å². The van der Waals surface area contributed by atoms with Crippen LogP contribution in [0.3, 0.4) is 0 Å². The minimum Gasteiger partial charge on any atom is -0.508 e. The van der Waals surface area contributed by atoms with Crippen molar-refractivity contribution in [2.75, 3.05) is 6.54 Å². The first-order valence-electron chi connectivity index (χ1n) is 9.41. The molecular formula is C21H24N4O4S. The second-order valence-corrected chi connectivity index (χ2v) is 9.47. The van der Waals surface area contributed by atoms with E-state index in [2.05, 4.69) is 14.8 Å². The van der Waals surface area contributed by atoms with Gasteiger partial charge >= 0.3 is 0 Å². The molecule has 0 saturated carbocycles. The number of benzene rings is 2. The maximum Gasteiger partial charge on any atom is 0.285 e. The highest BCUT2D eigenvalue weighted by Crippen LogP contribution is 2.27. The summed E-state index contributed by atoms with van der Waals surface area (Å²) in [6.07, 6.45) is 1.58. The number of phenols is 1. The Bertz CT molecular complexity index is 1120. The van der Waals surface area contributed by atoms with Gasteiger partial charge in [-0.3, -0.25) is 4.79 Å². The molecule has 0 radical (unpaired) electrons. The molecule has 1 heterocycles. The molecule has 158 valence electrons. The number of hydrazone groups is 1. The Balaban J connectivity index is 1.91. The highest BCUT2D eigenvalue weighted by Gasteiger charge is 2.32. The third-order valence-corrected chi connectivity index (χ3v) is 5.46. The Morgan fingerprint density at radius 3 is 2.63 bits per heavy atom. The van der Waals surface area contributed by atoms with Crippen molar-refractivity contribution < 1.29 is 18.3 Å². The number of nitrogens with one attached hydrogen (secondary N) is 1. The third-order valence-electron chi connectivity index (χ3n) is 4.14. The SMILES string of the molecule is CC(C)(C)NC(=O)CCN(/N=C\c1cccc(O)c1)C1=NS(=O)(=O)c2ccccc21. The molecule has 1 aliphatic heterocycles. The van der Waals surface area contributed by atoms with Crippen molar-refractivity contribution in [2.24, 2.45) is 9.50 Å². The summed E-state index contributed by atoms with van der Waals surface area (Å²) in [6.45, 7) is 5.77. The first-order valence-corrected chi connectivity index (χ1v) is 10.9. The van der Waals surface area contributed by atoms with Gasteiger partial charge in [0.25, 0.3) is 10.0 Å². The average Bonchev–Trinajstić information content (AvgIpc) is 2.92. The van der Waals surface area contributed by atoms with Gasteiger partial charge in [-0.25, -0.2) is 5.01 Å². The van der Waals surface area contributed by atoms with Gasteiger partial charge in [0.15, 0.2) is 5.84 Å². The summed E-state index contributed by atoms with van der Waals surface area (Å²) < 4.78 is 28.8. The molecule has 9 heteroatoms. The van der Waals surface area contributed by atoms with E-state index in [1.807, 2.05) is 20.8 Å². The zero-order valence-corrected chi connectivity index (χ0v) is 17.8. The molecular weight excluding hydrogens is 404 g/mol. The van der Waals surface area contributed by atoms with Crippen LogP contribution in [0.1, 0.15) is 38.3 Å². The Morgan fingerprint density at radius 1 is 1.20 bits per heavy atom. The van der Waals surface area contributed by atoms with Gasteiger partial charge in [-0.2, -0.15) is 13.5 Å². The van der Waals surface area contributed by atoms with E-state index >= 15 is 0 Å². The third kappa shape index (κ3) is 5.24. The summed E-state index contributed by atoms with van der Waals surface area (Å²) in [5, 5.41) is 18.3. The number of sulfonamides is 1. The van der Waals surface area contributed by atoms with Crippen molar-refractivity contribution in [2.45, 2.75) is 37.6 Å². The van der Waals surface area contributed by atoms with Gasteiger partial charge in [-0.1, -0.05) is 24.3 Å². The van der Waals surface area contributed by atoms with Crippen LogP contribution in [0.25, 0.3) is 0 Å². The fourth-order valence-electron chi connectivity index (χ4n) is 2.92. The van der Waals surface area contributed by atoms with E-state index in [9.17, 15) is 18.3 Å². The predicted molar refractivity (Wildman–Crippen MR) is 115 cm³/mol. The van der Waals surface area contributed by atoms with Crippen molar-refractivity contribution in [1.29, 1.82) is 0 Å². The van der Waals surface area contributed by atoms with Crippen LogP contribution < -0.4 is 5.32 Å². The van der Waals surface area contributed by atoms with Gasteiger partial charge in [-0.15, -0.1) is 4.40 Å². The number of amidine groups is 1. The molecule has 0 atom stereocenters. The van der Waals surface area contributed by atoms with Crippen LogP contribution in [-0.2, 0) is 14.8 Å². The maximum atomic E-state index is 12.4. The number of fused-ring (bicyclic) bond motifs is 1. The number of hydrogen-bond donors (Lipinski definition) is 2. The number of rotatable bonds is 5. The lowest BCUT2D eigenvalue weighted by atomic mass is 10.1. The number of amides is 1. The first kappa shape index (κ1) is 21.5. The Kier molecular flexibility index (Phi) is 5.93. The Labute approximate surface area is 176 Å². The molecule has 0 aromatic heterocycles. The fraction of sp³-hybridized carbons (Fsp3) is 0.286. The second-order valence-electron chi connectivity index (χ2n) is 7.90. The quantitative estimate of drug-likeness (QED) is 0.561. The molecule has 0 aliphatic carbocycles. The summed E-state index contributed by atoms with van der Waals surface area (Å²) in [7, 11) is -3.82. The minimum atomic E-state index is -3.82. The van der Waals surface area contributed by atoms with Gasteiger partial charge in [-0.05, 0) is 50.6 Å². The number of hydrogen-bond acceptors (Lipinski definition) is 6. The van der Waals surface area contributed by atoms with E-state index in [1.54, 1.807) is 30.3 Å². The van der Waals surface area contributed by atoms with Crippen LogP contribution in [-0.4, -0.2) is 48.6 Å². The molecule has 0 fully saturated rings. The van der Waals surface area contributed by atoms with Gasteiger partial charge < -0.3 is 10.4 Å². The molecule has 1 amide bonds. The summed E-state index contributed by atoms with van der Waals surface area (Å²) in [5.41, 5.74) is 0.670. The highest BCUT2D eigenvalue weighted by atomic mass is 32.2. The van der Waals surface area contributed by atoms with Crippen LogP contribution in [0.15, 0.2) is 62.9 Å². The van der Waals surface area contributed by atoms with Gasteiger partial charge in [0.1, 0.15) is 10.6 Å². The smallest absolute Gasteiger partial charge is 0.285 e. The predicted octanol–water partition coefficient (Wildman–Crippen LogP) is 2.48. The highest BCUT2D eigenvalue weighted by molar-refractivity contribution is 7.90. The Hall–Kier alpha value is -3.20. The lowest BCUT2D eigenvalue weighted by molar-refractivity contribution is -0.122. The summed E-state index contributed by atoms with van der Waals surface area (Å²) in [5.74, 6) is 0.0570. The number of aromatic hydroxyl groups is 1. The molecule has 3 rings (SSSR count). The molecule has 0 spiro atoms. The normalized spacial score (nSPS) is 15.0. The molecule has 0 bridgehead atoms. The van der Waals surface area contributed by atoms with Crippen molar-refractivity contribution in [3.63, 3.8) is 0 Å². The van der Waals surface area contributed by atoms with Crippen molar-refractivity contribution in [3.05, 3.63) is 59.7 Å². The average molecular weight is 429 g/mol. The zero-order chi connectivity index (χ0) is 21.9. The fourth-order valence-corrected chi connectivity index (χ4v) is 4.13. The minimum absolute atomic E-state index is 0.0844. The van der Waals surface area contributed by atoms with E-state index < -0.39 is 10.0 Å². The van der Waals surface area contributed by atoms with Crippen LogP contribution in [0.2, 0.25) is 0 Å². The number of phenolic OH excluding ortho intramolecular Hbond substituents is 1. The number of carbonyl (C=O) groups is 1. The standard InChI is InChI=1S/C21H24N4O4S/c1-21(2,3)23-19(27)11-12-25(22-14-15-7-6-8-16(26)13-15)20-17-9-4-5-10-18(17)30(28,29)24-20/h4-10,13-14,26H,11-12H2,1-3H3,(H,23,27)/b22-14-. The first-order chi connectivity index (χ1) is 14.0. The van der Waals surface area contributed by atoms with Gasteiger partial charge in [0.2, 0.25) is 5.91 Å². The lowest BCUT2D eigenvalue weighted by Crippen LogP contribution is -2.42. The molecule has 2 N–H and O–H groups in total. The zero-order valence-electron chi connectivity index (χ0n) is 17.0. The topological polar surface area (TPSA) is 111 Å².